The number of halogens is 1. The molecule has 0 N–H and O–H groups in total. The Morgan fingerprint density at radius 1 is 1.19 bits per heavy atom. The molecule has 0 aliphatic rings. The van der Waals surface area contributed by atoms with Crippen LogP contribution in [0.3, 0.4) is 0 Å². The monoisotopic (exact) mass is 456 g/mol. The summed E-state index contributed by atoms with van der Waals surface area (Å²) < 4.78 is 12.9. The first kappa shape index (κ1) is 23.8. The molecule has 1 aromatic carbocycles. The number of carbonyl (C=O) groups excluding carboxylic acids is 1. The Labute approximate surface area is 194 Å². The van der Waals surface area contributed by atoms with Crippen molar-refractivity contribution < 1.29 is 14.3 Å². The van der Waals surface area contributed by atoms with Gasteiger partial charge in [-0.05, 0) is 49.9 Å². The first-order valence-electron chi connectivity index (χ1n) is 10.8. The number of amides is 1. The van der Waals surface area contributed by atoms with E-state index in [2.05, 4.69) is 16.0 Å². The average Bonchev–Trinajstić information content (AvgIpc) is 3.33. The summed E-state index contributed by atoms with van der Waals surface area (Å²) in [4.78, 5) is 23.0. The number of pyridine rings is 1. The Bertz CT molecular complexity index is 1020. The van der Waals surface area contributed by atoms with Crippen LogP contribution in [-0.4, -0.2) is 46.9 Å². The van der Waals surface area contributed by atoms with Crippen LogP contribution < -0.4 is 9.64 Å². The maximum absolute atomic E-state index is 13.1. The number of hydrogen-bond acceptors (Lipinski definition) is 5. The lowest BCUT2D eigenvalue weighted by Gasteiger charge is -2.24. The summed E-state index contributed by atoms with van der Waals surface area (Å²) in [5, 5.41) is 0.471. The normalized spacial score (nSPS) is 10.9. The van der Waals surface area contributed by atoms with Gasteiger partial charge in [-0.3, -0.25) is 14.5 Å². The van der Waals surface area contributed by atoms with Gasteiger partial charge in [-0.15, -0.1) is 0 Å². The van der Waals surface area contributed by atoms with Crippen LogP contribution in [0.4, 0.5) is 10.5 Å². The molecule has 0 unspecified atom stereocenters. The van der Waals surface area contributed by atoms with Crippen molar-refractivity contribution in [1.29, 1.82) is 0 Å². The number of carbonyl (C=O) groups is 1. The van der Waals surface area contributed by atoms with E-state index >= 15 is 0 Å². The number of aryl methyl sites for hydroxylation is 2. The Hall–Kier alpha value is -2.90. The number of anilines is 1. The Morgan fingerprint density at radius 3 is 2.72 bits per heavy atom. The number of aromatic nitrogens is 3. The van der Waals surface area contributed by atoms with Gasteiger partial charge in [0.15, 0.2) is 0 Å². The van der Waals surface area contributed by atoms with Crippen molar-refractivity contribution in [3.8, 4) is 5.75 Å². The van der Waals surface area contributed by atoms with E-state index in [-0.39, 0.29) is 6.03 Å². The lowest BCUT2D eigenvalue weighted by Crippen LogP contribution is -2.37. The van der Waals surface area contributed by atoms with E-state index in [1.165, 1.54) is 16.5 Å². The van der Waals surface area contributed by atoms with Crippen LogP contribution in [0.1, 0.15) is 30.7 Å². The SMILES string of the molecule is CCOCCc1ccc(OCCN(C(=O)n2ccnc2)c2ccnc(CC)c2Cl)c(C)c1. The topological polar surface area (TPSA) is 69.5 Å². The van der Waals surface area contributed by atoms with Gasteiger partial charge in [-0.2, -0.15) is 0 Å². The van der Waals surface area contributed by atoms with Gasteiger partial charge in [0.25, 0.3) is 0 Å². The van der Waals surface area contributed by atoms with Crippen LogP contribution in [0.25, 0.3) is 0 Å². The molecule has 2 heterocycles. The Balaban J connectivity index is 1.73. The molecule has 0 aliphatic carbocycles. The van der Waals surface area contributed by atoms with Crippen molar-refractivity contribution in [2.24, 2.45) is 0 Å². The molecular weight excluding hydrogens is 428 g/mol. The molecule has 0 atom stereocenters. The van der Waals surface area contributed by atoms with Gasteiger partial charge in [-0.1, -0.05) is 30.7 Å². The van der Waals surface area contributed by atoms with Gasteiger partial charge >= 0.3 is 6.03 Å². The van der Waals surface area contributed by atoms with Gasteiger partial charge in [0.1, 0.15) is 18.7 Å². The maximum atomic E-state index is 13.1. The molecule has 32 heavy (non-hydrogen) atoms. The number of imidazole rings is 1. The summed E-state index contributed by atoms with van der Waals surface area (Å²) in [5.41, 5.74) is 3.59. The molecule has 0 fully saturated rings. The van der Waals surface area contributed by atoms with Crippen LogP contribution in [0.15, 0.2) is 49.2 Å². The summed E-state index contributed by atoms with van der Waals surface area (Å²) in [6, 6.07) is 7.60. The Kier molecular flexibility index (Phi) is 8.64. The van der Waals surface area contributed by atoms with Gasteiger partial charge < -0.3 is 9.47 Å². The van der Waals surface area contributed by atoms with Crippen molar-refractivity contribution in [2.45, 2.75) is 33.6 Å². The fraction of sp³-hybridized carbons (Fsp3) is 0.375. The Morgan fingerprint density at radius 2 is 2.03 bits per heavy atom. The van der Waals surface area contributed by atoms with Crippen LogP contribution in [0.5, 0.6) is 5.75 Å². The van der Waals surface area contributed by atoms with E-state index in [0.29, 0.717) is 36.9 Å². The lowest BCUT2D eigenvalue weighted by atomic mass is 10.1. The summed E-state index contributed by atoms with van der Waals surface area (Å²) in [5.74, 6) is 0.787. The minimum atomic E-state index is -0.260. The third kappa shape index (κ3) is 5.87. The zero-order valence-corrected chi connectivity index (χ0v) is 19.5. The third-order valence-corrected chi connectivity index (χ3v) is 5.49. The van der Waals surface area contributed by atoms with E-state index in [9.17, 15) is 4.79 Å². The number of benzene rings is 1. The molecule has 2 aromatic heterocycles. The molecule has 0 spiro atoms. The van der Waals surface area contributed by atoms with E-state index in [0.717, 1.165) is 30.0 Å². The van der Waals surface area contributed by atoms with Crippen LogP contribution >= 0.6 is 11.6 Å². The average molecular weight is 457 g/mol. The summed E-state index contributed by atoms with van der Waals surface area (Å²) >= 11 is 6.57. The smallest absolute Gasteiger partial charge is 0.334 e. The van der Waals surface area contributed by atoms with Crippen LogP contribution in [0.2, 0.25) is 5.02 Å². The van der Waals surface area contributed by atoms with Gasteiger partial charge in [0.2, 0.25) is 0 Å². The molecule has 0 aliphatic heterocycles. The van der Waals surface area contributed by atoms with Gasteiger partial charge in [0.05, 0.1) is 29.6 Å². The van der Waals surface area contributed by atoms with Crippen molar-refractivity contribution in [3.63, 3.8) is 0 Å². The number of nitrogens with zero attached hydrogens (tertiary/aromatic N) is 4. The van der Waals surface area contributed by atoms with Gasteiger partial charge in [0, 0.05) is 25.2 Å². The van der Waals surface area contributed by atoms with E-state index in [1.807, 2.05) is 32.9 Å². The number of rotatable bonds is 10. The molecule has 3 aromatic rings. The summed E-state index contributed by atoms with van der Waals surface area (Å²) in [7, 11) is 0. The van der Waals surface area contributed by atoms with Gasteiger partial charge in [-0.25, -0.2) is 9.78 Å². The van der Waals surface area contributed by atoms with Crippen molar-refractivity contribution >= 4 is 23.3 Å². The highest BCUT2D eigenvalue weighted by Gasteiger charge is 2.21. The molecule has 0 radical (unpaired) electrons. The maximum Gasteiger partial charge on any atom is 0.334 e. The predicted molar refractivity (Wildman–Crippen MR) is 126 cm³/mol. The lowest BCUT2D eigenvalue weighted by molar-refractivity contribution is 0.151. The van der Waals surface area contributed by atoms with E-state index < -0.39 is 0 Å². The van der Waals surface area contributed by atoms with Crippen molar-refractivity contribution in [1.82, 2.24) is 14.5 Å². The molecule has 0 saturated carbocycles. The van der Waals surface area contributed by atoms with E-state index in [4.69, 9.17) is 21.1 Å². The molecule has 1 amide bonds. The number of hydrogen-bond donors (Lipinski definition) is 0. The molecule has 0 saturated heterocycles. The quantitative estimate of drug-likeness (QED) is 0.404. The third-order valence-electron chi connectivity index (χ3n) is 5.07. The zero-order chi connectivity index (χ0) is 22.9. The molecular formula is C24H29ClN4O3. The predicted octanol–water partition coefficient (Wildman–Crippen LogP) is 4.94. The van der Waals surface area contributed by atoms with Crippen molar-refractivity contribution in [3.05, 3.63) is 71.0 Å². The van der Waals surface area contributed by atoms with Crippen LogP contribution in [0, 0.1) is 6.92 Å². The molecule has 170 valence electrons. The largest absolute Gasteiger partial charge is 0.491 e. The van der Waals surface area contributed by atoms with E-state index in [1.54, 1.807) is 29.6 Å². The highest BCUT2D eigenvalue weighted by Crippen LogP contribution is 2.29. The highest BCUT2D eigenvalue weighted by atomic mass is 35.5. The fourth-order valence-electron chi connectivity index (χ4n) is 3.37. The minimum Gasteiger partial charge on any atom is -0.491 e. The molecule has 8 heteroatoms. The first-order valence-corrected chi connectivity index (χ1v) is 11.2. The highest BCUT2D eigenvalue weighted by molar-refractivity contribution is 6.34. The summed E-state index contributed by atoms with van der Waals surface area (Å²) in [6.45, 7) is 8.02. The zero-order valence-electron chi connectivity index (χ0n) is 18.8. The van der Waals surface area contributed by atoms with Crippen LogP contribution in [-0.2, 0) is 17.6 Å². The minimum absolute atomic E-state index is 0.260. The molecule has 3 rings (SSSR count). The number of ether oxygens (including phenoxy) is 2. The molecule has 7 nitrogen and oxygen atoms in total. The summed E-state index contributed by atoms with van der Waals surface area (Å²) in [6.07, 6.45) is 7.84. The first-order chi connectivity index (χ1) is 15.5. The second-order valence-corrected chi connectivity index (χ2v) is 7.62. The second-order valence-electron chi connectivity index (χ2n) is 7.24. The standard InChI is InChI=1S/C24H29ClN4O3/c1-4-20-23(25)21(8-10-27-20)29(24(30)28-12-11-26-17-28)13-15-32-22-7-6-19(16-18(22)3)9-14-31-5-2/h6-8,10-12,16-17H,4-5,9,13-15H2,1-3H3. The van der Waals surface area contributed by atoms with Crippen molar-refractivity contribution in [2.75, 3.05) is 31.3 Å². The molecule has 0 bridgehead atoms. The second kappa shape index (κ2) is 11.6. The fourth-order valence-corrected chi connectivity index (χ4v) is 3.72.